The van der Waals surface area contributed by atoms with Crippen molar-refractivity contribution in [3.8, 4) is 5.75 Å². The smallest absolute Gasteiger partial charge is 0.270 e. The van der Waals surface area contributed by atoms with E-state index in [1.54, 1.807) is 48.5 Å². The van der Waals surface area contributed by atoms with Gasteiger partial charge in [-0.1, -0.05) is 47.5 Å². The largest absolute Gasteiger partial charge is 0.488 e. The lowest BCUT2D eigenvalue weighted by molar-refractivity contribution is -0.384. The Bertz CT molecular complexity index is 1460. The third kappa shape index (κ3) is 5.51. The molecule has 4 rings (SSSR count). The van der Waals surface area contributed by atoms with Gasteiger partial charge in [0.1, 0.15) is 17.9 Å². The SMILES string of the molecule is O=C1NC(=S)N(c2cccc(Cl)c2Cl)C(=O)/C1=C/c1ccc(OCc2cccc([N+](=O)[O-])c2)c(I)c1. The first-order valence-corrected chi connectivity index (χ1v) is 12.4. The number of nitrogens with one attached hydrogen (secondary N) is 1. The number of benzene rings is 3. The van der Waals surface area contributed by atoms with Crippen molar-refractivity contribution in [1.29, 1.82) is 0 Å². The molecule has 1 N–H and O–H groups in total. The summed E-state index contributed by atoms with van der Waals surface area (Å²) in [4.78, 5) is 37.4. The summed E-state index contributed by atoms with van der Waals surface area (Å²) in [5.41, 5.74) is 1.32. The molecule has 1 aliphatic rings. The van der Waals surface area contributed by atoms with Crippen LogP contribution in [0.4, 0.5) is 11.4 Å². The van der Waals surface area contributed by atoms with Gasteiger partial charge in [0, 0.05) is 12.1 Å². The first kappa shape index (κ1) is 26.0. The number of carbonyl (C=O) groups is 2. The van der Waals surface area contributed by atoms with Crippen molar-refractivity contribution in [3.63, 3.8) is 0 Å². The molecule has 36 heavy (non-hydrogen) atoms. The van der Waals surface area contributed by atoms with E-state index in [-0.39, 0.29) is 38.7 Å². The molecule has 3 aromatic rings. The number of hydrogen-bond acceptors (Lipinski definition) is 6. The third-order valence-electron chi connectivity index (χ3n) is 5.06. The third-order valence-corrected chi connectivity index (χ3v) is 6.99. The predicted molar refractivity (Wildman–Crippen MR) is 149 cm³/mol. The van der Waals surface area contributed by atoms with Crippen LogP contribution in [0.15, 0.2) is 66.2 Å². The van der Waals surface area contributed by atoms with Crippen molar-refractivity contribution < 1.29 is 19.2 Å². The van der Waals surface area contributed by atoms with Gasteiger partial charge in [-0.25, -0.2) is 0 Å². The lowest BCUT2D eigenvalue weighted by atomic mass is 10.1. The maximum Gasteiger partial charge on any atom is 0.270 e. The summed E-state index contributed by atoms with van der Waals surface area (Å²) in [6.45, 7) is 0.131. The number of carbonyl (C=O) groups excluding carboxylic acids is 2. The lowest BCUT2D eigenvalue weighted by Crippen LogP contribution is -2.54. The maximum atomic E-state index is 13.2. The molecule has 1 heterocycles. The molecule has 0 radical (unpaired) electrons. The second kappa shape index (κ2) is 10.9. The molecule has 0 spiro atoms. The topological polar surface area (TPSA) is 102 Å². The van der Waals surface area contributed by atoms with Gasteiger partial charge < -0.3 is 4.74 Å². The highest BCUT2D eigenvalue weighted by Crippen LogP contribution is 2.34. The van der Waals surface area contributed by atoms with Crippen LogP contribution in [0.2, 0.25) is 10.0 Å². The zero-order valence-electron chi connectivity index (χ0n) is 18.0. The van der Waals surface area contributed by atoms with Crippen LogP contribution >= 0.6 is 58.0 Å². The van der Waals surface area contributed by atoms with Crippen LogP contribution in [-0.2, 0) is 16.2 Å². The Balaban J connectivity index is 1.57. The standard InChI is InChI=1S/C24H14Cl2IN3O5S/c25-17-5-2-6-19(21(17)26)29-23(32)16(22(31)28-24(29)36)10-13-7-8-20(18(27)11-13)35-12-14-3-1-4-15(9-14)30(33)34/h1-11H,12H2,(H,28,31,36)/b16-10+. The monoisotopic (exact) mass is 653 g/mol. The Kier molecular flexibility index (Phi) is 7.88. The van der Waals surface area contributed by atoms with Crippen molar-refractivity contribution >= 4 is 92.4 Å². The summed E-state index contributed by atoms with van der Waals surface area (Å²) in [5, 5.41) is 13.7. The molecular formula is C24H14Cl2IN3O5S. The van der Waals surface area contributed by atoms with E-state index in [0.717, 1.165) is 4.90 Å². The minimum atomic E-state index is -0.645. The number of rotatable bonds is 6. The minimum absolute atomic E-state index is 0.0178. The highest BCUT2D eigenvalue weighted by atomic mass is 127. The van der Waals surface area contributed by atoms with E-state index in [9.17, 15) is 19.7 Å². The van der Waals surface area contributed by atoms with Crippen LogP contribution in [0.25, 0.3) is 6.08 Å². The Morgan fingerprint density at radius 2 is 1.86 bits per heavy atom. The van der Waals surface area contributed by atoms with Crippen LogP contribution in [0.5, 0.6) is 5.75 Å². The van der Waals surface area contributed by atoms with Crippen LogP contribution in [-0.4, -0.2) is 21.9 Å². The summed E-state index contributed by atoms with van der Waals surface area (Å²) in [5.74, 6) is -0.744. The normalized spacial score (nSPS) is 14.7. The number of nitro groups is 1. The summed E-state index contributed by atoms with van der Waals surface area (Å²) in [7, 11) is 0. The van der Waals surface area contributed by atoms with E-state index in [0.29, 0.717) is 20.4 Å². The molecule has 12 heteroatoms. The van der Waals surface area contributed by atoms with Crippen molar-refractivity contribution in [2.75, 3.05) is 4.90 Å². The molecule has 1 aliphatic heterocycles. The van der Waals surface area contributed by atoms with E-state index in [2.05, 4.69) is 27.9 Å². The second-order valence-electron chi connectivity index (χ2n) is 7.44. The van der Waals surface area contributed by atoms with E-state index >= 15 is 0 Å². The molecule has 0 aromatic heterocycles. The van der Waals surface area contributed by atoms with Crippen molar-refractivity contribution in [3.05, 3.63) is 101 Å². The van der Waals surface area contributed by atoms with E-state index in [4.69, 9.17) is 40.2 Å². The number of non-ortho nitro benzene ring substituents is 1. The molecule has 182 valence electrons. The zero-order chi connectivity index (χ0) is 26.0. The zero-order valence-corrected chi connectivity index (χ0v) is 22.5. The fraction of sp³-hybridized carbons (Fsp3) is 0.0417. The molecule has 8 nitrogen and oxygen atoms in total. The van der Waals surface area contributed by atoms with Gasteiger partial charge in [-0.2, -0.15) is 0 Å². The summed E-state index contributed by atoms with van der Waals surface area (Å²) < 4.78 is 6.52. The average Bonchev–Trinajstić information content (AvgIpc) is 2.84. The van der Waals surface area contributed by atoms with Gasteiger partial charge in [0.15, 0.2) is 5.11 Å². The highest BCUT2D eigenvalue weighted by molar-refractivity contribution is 14.1. The van der Waals surface area contributed by atoms with Crippen molar-refractivity contribution in [2.24, 2.45) is 0 Å². The van der Waals surface area contributed by atoms with Crippen LogP contribution in [0.3, 0.4) is 0 Å². The summed E-state index contributed by atoms with van der Waals surface area (Å²) in [6, 6.07) is 16.1. The molecule has 0 atom stereocenters. The molecule has 1 fully saturated rings. The first-order valence-electron chi connectivity index (χ1n) is 10.2. The van der Waals surface area contributed by atoms with Crippen LogP contribution < -0.4 is 15.0 Å². The number of nitrogens with zero attached hydrogens (tertiary/aromatic N) is 2. The summed E-state index contributed by atoms with van der Waals surface area (Å²) >= 11 is 19.6. The Hall–Kier alpha value is -3.06. The number of halogens is 3. The fourth-order valence-corrected chi connectivity index (χ4v) is 4.70. The number of nitro benzene ring substituents is 1. The van der Waals surface area contributed by atoms with E-state index in [1.165, 1.54) is 18.2 Å². The Morgan fingerprint density at radius 1 is 1.11 bits per heavy atom. The van der Waals surface area contributed by atoms with Gasteiger partial charge in [0.2, 0.25) is 0 Å². The number of hydrogen-bond donors (Lipinski definition) is 1. The fourth-order valence-electron chi connectivity index (χ4n) is 3.35. The van der Waals surface area contributed by atoms with Gasteiger partial charge in [-0.3, -0.25) is 29.9 Å². The molecule has 3 aromatic carbocycles. The van der Waals surface area contributed by atoms with E-state index < -0.39 is 16.7 Å². The Morgan fingerprint density at radius 3 is 2.58 bits per heavy atom. The molecule has 0 aliphatic carbocycles. The van der Waals surface area contributed by atoms with Gasteiger partial charge in [-0.15, -0.1) is 0 Å². The molecule has 2 amide bonds. The van der Waals surface area contributed by atoms with Crippen LogP contribution in [0, 0.1) is 13.7 Å². The minimum Gasteiger partial charge on any atom is -0.488 e. The second-order valence-corrected chi connectivity index (χ2v) is 9.77. The van der Waals surface area contributed by atoms with Gasteiger partial charge >= 0.3 is 0 Å². The quantitative estimate of drug-likeness (QED) is 0.0886. The average molecular weight is 654 g/mol. The molecule has 1 saturated heterocycles. The summed E-state index contributed by atoms with van der Waals surface area (Å²) in [6.07, 6.45) is 1.44. The van der Waals surface area contributed by atoms with Crippen LogP contribution in [0.1, 0.15) is 11.1 Å². The van der Waals surface area contributed by atoms with Gasteiger partial charge in [0.25, 0.3) is 17.5 Å². The molecule has 0 unspecified atom stereocenters. The number of thiocarbonyl (C=S) groups is 1. The van der Waals surface area contributed by atoms with Crippen molar-refractivity contribution in [2.45, 2.75) is 6.61 Å². The molecule has 0 saturated carbocycles. The van der Waals surface area contributed by atoms with Gasteiger partial charge in [-0.05, 0) is 76.3 Å². The molecule has 0 bridgehead atoms. The first-order chi connectivity index (χ1) is 17.2. The lowest BCUT2D eigenvalue weighted by Gasteiger charge is -2.29. The van der Waals surface area contributed by atoms with Crippen molar-refractivity contribution in [1.82, 2.24) is 5.32 Å². The van der Waals surface area contributed by atoms with E-state index in [1.807, 2.05) is 0 Å². The van der Waals surface area contributed by atoms with Gasteiger partial charge in [0.05, 0.1) is 24.2 Å². The Labute approximate surface area is 234 Å². The highest BCUT2D eigenvalue weighted by Gasteiger charge is 2.35. The number of ether oxygens (including phenoxy) is 1. The molecular weight excluding hydrogens is 640 g/mol. The number of amides is 2. The predicted octanol–water partition coefficient (Wildman–Crippen LogP) is 5.92. The number of anilines is 1. The maximum absolute atomic E-state index is 13.2.